The lowest BCUT2D eigenvalue weighted by molar-refractivity contribution is -0.00134. The first-order chi connectivity index (χ1) is 11.4. The van der Waals surface area contributed by atoms with Crippen LogP contribution in [0.4, 0.5) is 0 Å². The molecule has 7 nitrogen and oxygen atoms in total. The Labute approximate surface area is 140 Å². The van der Waals surface area contributed by atoms with Crippen molar-refractivity contribution in [3.8, 4) is 0 Å². The van der Waals surface area contributed by atoms with Crippen LogP contribution in [0.5, 0.6) is 0 Å². The van der Waals surface area contributed by atoms with Crippen molar-refractivity contribution < 1.29 is 18.9 Å². The zero-order valence-corrected chi connectivity index (χ0v) is 14.6. The molecule has 0 atom stereocenters. The molecule has 0 spiro atoms. The largest absolute Gasteiger partial charge is 0.379 e. The molecule has 23 heavy (non-hydrogen) atoms. The zero-order chi connectivity index (χ0) is 16.8. The van der Waals surface area contributed by atoms with Crippen molar-refractivity contribution in [2.45, 2.75) is 45.4 Å². The summed E-state index contributed by atoms with van der Waals surface area (Å²) < 4.78 is 21.5. The summed E-state index contributed by atoms with van der Waals surface area (Å²) in [6.07, 6.45) is 7.71. The lowest BCUT2D eigenvalue weighted by Crippen LogP contribution is -2.12. The Morgan fingerprint density at radius 2 is 1.13 bits per heavy atom. The van der Waals surface area contributed by atoms with Crippen molar-refractivity contribution in [3.63, 3.8) is 0 Å². The Bertz CT molecular complexity index is 274. The SMILES string of the molecule is CCCCCCCCOCCOCCOCCOCCN=[N+]=[N-]. The standard InChI is InChI=1S/C16H33N3O4/c1-2-3-4-5-6-7-9-20-11-13-22-15-16-23-14-12-21-10-8-18-19-17/h2-16H2,1H3. The van der Waals surface area contributed by atoms with Gasteiger partial charge in [-0.3, -0.25) is 0 Å². The third-order valence-corrected chi connectivity index (χ3v) is 3.16. The Kier molecular flexibility index (Phi) is 20.4. The predicted molar refractivity (Wildman–Crippen MR) is 90.7 cm³/mol. The predicted octanol–water partition coefficient (Wildman–Crippen LogP) is 3.72. The van der Waals surface area contributed by atoms with Crippen molar-refractivity contribution in [2.75, 3.05) is 59.4 Å². The Balaban J connectivity index is 2.96. The number of nitrogens with zero attached hydrogens (tertiary/aromatic N) is 3. The van der Waals surface area contributed by atoms with Gasteiger partial charge >= 0.3 is 0 Å². The summed E-state index contributed by atoms with van der Waals surface area (Å²) in [6.45, 7) is 7.26. The summed E-state index contributed by atoms with van der Waals surface area (Å²) in [6, 6.07) is 0. The second kappa shape index (κ2) is 21.1. The summed E-state index contributed by atoms with van der Waals surface area (Å²) in [4.78, 5) is 2.64. The van der Waals surface area contributed by atoms with E-state index in [1.165, 1.54) is 32.1 Å². The fourth-order valence-corrected chi connectivity index (χ4v) is 1.90. The van der Waals surface area contributed by atoms with E-state index < -0.39 is 0 Å². The molecule has 0 aromatic rings. The highest BCUT2D eigenvalue weighted by molar-refractivity contribution is 4.44. The molecular weight excluding hydrogens is 298 g/mol. The summed E-state index contributed by atoms with van der Waals surface area (Å²) in [5.74, 6) is 0. The van der Waals surface area contributed by atoms with E-state index in [1.807, 2.05) is 0 Å². The molecule has 0 rings (SSSR count). The maximum Gasteiger partial charge on any atom is 0.0701 e. The van der Waals surface area contributed by atoms with Gasteiger partial charge in [-0.05, 0) is 12.0 Å². The lowest BCUT2D eigenvalue weighted by atomic mass is 10.1. The molecule has 0 bridgehead atoms. The van der Waals surface area contributed by atoms with Crippen LogP contribution in [0, 0.1) is 0 Å². The van der Waals surface area contributed by atoms with Crippen molar-refractivity contribution in [1.29, 1.82) is 0 Å². The van der Waals surface area contributed by atoms with Gasteiger partial charge in [0.25, 0.3) is 0 Å². The van der Waals surface area contributed by atoms with Crippen LogP contribution in [0.1, 0.15) is 45.4 Å². The van der Waals surface area contributed by atoms with Gasteiger partial charge in [-0.25, -0.2) is 0 Å². The first-order valence-corrected chi connectivity index (χ1v) is 8.73. The van der Waals surface area contributed by atoms with Gasteiger partial charge in [0.05, 0.1) is 46.2 Å². The first-order valence-electron chi connectivity index (χ1n) is 8.73. The van der Waals surface area contributed by atoms with Gasteiger partial charge in [0.15, 0.2) is 0 Å². The molecule has 0 aliphatic rings. The number of ether oxygens (including phenoxy) is 4. The van der Waals surface area contributed by atoms with E-state index in [1.54, 1.807) is 0 Å². The fourth-order valence-electron chi connectivity index (χ4n) is 1.90. The number of unbranched alkanes of at least 4 members (excludes halogenated alkanes) is 5. The van der Waals surface area contributed by atoms with E-state index in [0.29, 0.717) is 52.8 Å². The van der Waals surface area contributed by atoms with E-state index in [2.05, 4.69) is 16.9 Å². The van der Waals surface area contributed by atoms with E-state index in [9.17, 15) is 0 Å². The molecule has 0 unspecified atom stereocenters. The maximum absolute atomic E-state index is 8.07. The van der Waals surface area contributed by atoms with Crippen molar-refractivity contribution >= 4 is 0 Å². The highest BCUT2D eigenvalue weighted by Crippen LogP contribution is 2.04. The monoisotopic (exact) mass is 331 g/mol. The molecule has 136 valence electrons. The first kappa shape index (κ1) is 22.1. The summed E-state index contributed by atoms with van der Waals surface area (Å²) in [5.41, 5.74) is 8.07. The van der Waals surface area contributed by atoms with Crippen LogP contribution in [0.15, 0.2) is 5.11 Å². The van der Waals surface area contributed by atoms with Crippen molar-refractivity contribution in [1.82, 2.24) is 0 Å². The molecule has 0 heterocycles. The van der Waals surface area contributed by atoms with Gasteiger partial charge in [0.2, 0.25) is 0 Å². The summed E-state index contributed by atoms with van der Waals surface area (Å²) in [5, 5.41) is 3.37. The van der Waals surface area contributed by atoms with Crippen LogP contribution < -0.4 is 0 Å². The van der Waals surface area contributed by atoms with Gasteiger partial charge in [0.1, 0.15) is 0 Å². The van der Waals surface area contributed by atoms with Gasteiger partial charge < -0.3 is 18.9 Å². The van der Waals surface area contributed by atoms with Crippen molar-refractivity contribution in [3.05, 3.63) is 10.4 Å². The average Bonchev–Trinajstić information content (AvgIpc) is 2.57. The number of hydrogen-bond donors (Lipinski definition) is 0. The third-order valence-electron chi connectivity index (χ3n) is 3.16. The molecule has 0 aromatic heterocycles. The van der Waals surface area contributed by atoms with Crippen LogP contribution >= 0.6 is 0 Å². The molecule has 0 saturated carbocycles. The highest BCUT2D eigenvalue weighted by atomic mass is 16.6. The highest BCUT2D eigenvalue weighted by Gasteiger charge is 1.93. The second-order valence-electron chi connectivity index (χ2n) is 5.17. The number of hydrogen-bond acceptors (Lipinski definition) is 5. The van der Waals surface area contributed by atoms with Gasteiger partial charge in [-0.2, -0.15) is 0 Å². The van der Waals surface area contributed by atoms with E-state index in [4.69, 9.17) is 24.5 Å². The third kappa shape index (κ3) is 21.1. The Morgan fingerprint density at radius 1 is 0.652 bits per heavy atom. The molecular formula is C16H33N3O4. The van der Waals surface area contributed by atoms with Crippen LogP contribution in [0.3, 0.4) is 0 Å². The summed E-state index contributed by atoms with van der Waals surface area (Å²) >= 11 is 0. The molecule has 0 N–H and O–H groups in total. The Morgan fingerprint density at radius 3 is 1.70 bits per heavy atom. The Hall–Kier alpha value is -0.850. The molecule has 0 radical (unpaired) electrons. The molecule has 7 heteroatoms. The van der Waals surface area contributed by atoms with Gasteiger partial charge in [-0.15, -0.1) is 0 Å². The molecule has 0 saturated heterocycles. The minimum absolute atomic E-state index is 0.359. The minimum Gasteiger partial charge on any atom is -0.379 e. The molecule has 0 aliphatic carbocycles. The molecule has 0 aliphatic heterocycles. The zero-order valence-electron chi connectivity index (χ0n) is 14.6. The maximum atomic E-state index is 8.07. The molecule has 0 amide bonds. The quantitative estimate of drug-likeness (QED) is 0.156. The van der Waals surface area contributed by atoms with Crippen LogP contribution in [0.2, 0.25) is 0 Å². The van der Waals surface area contributed by atoms with Crippen LogP contribution in [-0.4, -0.2) is 59.4 Å². The normalized spacial score (nSPS) is 10.7. The van der Waals surface area contributed by atoms with E-state index >= 15 is 0 Å². The van der Waals surface area contributed by atoms with Gasteiger partial charge in [-0.1, -0.05) is 44.1 Å². The topological polar surface area (TPSA) is 85.7 Å². The minimum atomic E-state index is 0.359. The number of azide groups is 1. The number of rotatable bonds is 19. The second-order valence-corrected chi connectivity index (χ2v) is 5.17. The fraction of sp³-hybridized carbons (Fsp3) is 1.00. The van der Waals surface area contributed by atoms with E-state index in [0.717, 1.165) is 13.0 Å². The van der Waals surface area contributed by atoms with E-state index in [-0.39, 0.29) is 0 Å². The smallest absolute Gasteiger partial charge is 0.0701 e. The summed E-state index contributed by atoms with van der Waals surface area (Å²) in [7, 11) is 0. The van der Waals surface area contributed by atoms with Crippen LogP contribution in [0.25, 0.3) is 10.4 Å². The van der Waals surface area contributed by atoms with Crippen LogP contribution in [-0.2, 0) is 18.9 Å². The molecule has 0 aromatic carbocycles. The lowest BCUT2D eigenvalue weighted by Gasteiger charge is -2.07. The average molecular weight is 331 g/mol. The molecule has 0 fully saturated rings. The van der Waals surface area contributed by atoms with Gasteiger partial charge in [0, 0.05) is 18.1 Å². The van der Waals surface area contributed by atoms with Crippen molar-refractivity contribution in [2.24, 2.45) is 5.11 Å².